The zero-order valence-electron chi connectivity index (χ0n) is 15.3. The second-order valence-electron chi connectivity index (χ2n) is 6.68. The number of benzene rings is 3. The van der Waals surface area contributed by atoms with Crippen molar-refractivity contribution >= 4 is 22.5 Å². The van der Waals surface area contributed by atoms with E-state index in [0.717, 1.165) is 30.5 Å². The predicted octanol–water partition coefficient (Wildman–Crippen LogP) is 6.59. The van der Waals surface area contributed by atoms with Gasteiger partial charge in [-0.15, -0.1) is 0 Å². The molecule has 4 rings (SSSR count). The number of nitriles is 1. The molecule has 0 spiro atoms. The van der Waals surface area contributed by atoms with Gasteiger partial charge in [0, 0.05) is 23.6 Å². The molecule has 138 valence electrons. The maximum absolute atomic E-state index is 8.94. The molecule has 0 saturated heterocycles. The highest BCUT2D eigenvalue weighted by molar-refractivity contribution is 6.32. The van der Waals surface area contributed by atoms with Crippen molar-refractivity contribution in [2.75, 3.05) is 0 Å². The van der Waals surface area contributed by atoms with Crippen LogP contribution in [0.2, 0.25) is 5.02 Å². The normalized spacial score (nSPS) is 10.7. The molecular formula is C24H19ClN2O. The van der Waals surface area contributed by atoms with Crippen molar-refractivity contribution in [3.05, 3.63) is 95.1 Å². The fourth-order valence-electron chi connectivity index (χ4n) is 3.32. The van der Waals surface area contributed by atoms with Crippen molar-refractivity contribution in [3.63, 3.8) is 0 Å². The molecule has 0 aliphatic heterocycles. The van der Waals surface area contributed by atoms with E-state index in [4.69, 9.17) is 21.6 Å². The van der Waals surface area contributed by atoms with E-state index in [1.165, 1.54) is 11.1 Å². The topological polar surface area (TPSA) is 37.9 Å². The van der Waals surface area contributed by atoms with Crippen LogP contribution in [-0.2, 0) is 13.0 Å². The minimum Gasteiger partial charge on any atom is -0.456 e. The van der Waals surface area contributed by atoms with Crippen molar-refractivity contribution in [1.82, 2.24) is 4.57 Å². The van der Waals surface area contributed by atoms with Gasteiger partial charge in [-0.3, -0.25) is 0 Å². The molecule has 0 saturated carbocycles. The van der Waals surface area contributed by atoms with Crippen molar-refractivity contribution in [3.8, 4) is 17.6 Å². The van der Waals surface area contributed by atoms with Crippen LogP contribution in [0.1, 0.15) is 17.5 Å². The molecule has 0 aliphatic rings. The first-order valence-corrected chi connectivity index (χ1v) is 9.61. The largest absolute Gasteiger partial charge is 0.456 e. The number of ether oxygens (including phenoxy) is 1. The second-order valence-corrected chi connectivity index (χ2v) is 7.09. The molecule has 3 nitrogen and oxygen atoms in total. The van der Waals surface area contributed by atoms with E-state index in [9.17, 15) is 0 Å². The second kappa shape index (κ2) is 8.21. The average Bonchev–Trinajstić information content (AvgIpc) is 3.12. The lowest BCUT2D eigenvalue weighted by molar-refractivity contribution is 0.483. The fourth-order valence-corrected chi connectivity index (χ4v) is 3.53. The molecule has 0 N–H and O–H groups in total. The van der Waals surface area contributed by atoms with E-state index in [-0.39, 0.29) is 0 Å². The summed E-state index contributed by atoms with van der Waals surface area (Å²) in [7, 11) is 0. The monoisotopic (exact) mass is 386 g/mol. The first kappa shape index (κ1) is 18.2. The lowest BCUT2D eigenvalue weighted by Gasteiger charge is -2.09. The maximum atomic E-state index is 8.94. The van der Waals surface area contributed by atoms with Gasteiger partial charge in [-0.25, -0.2) is 0 Å². The Morgan fingerprint density at radius 3 is 2.61 bits per heavy atom. The molecule has 1 aromatic heterocycles. The number of halogens is 1. The third-order valence-electron chi connectivity index (χ3n) is 4.74. The van der Waals surface area contributed by atoms with Crippen molar-refractivity contribution in [1.29, 1.82) is 5.26 Å². The summed E-state index contributed by atoms with van der Waals surface area (Å²) in [4.78, 5) is 0. The Hall–Kier alpha value is -3.22. The first-order chi connectivity index (χ1) is 13.7. The van der Waals surface area contributed by atoms with Crippen LogP contribution in [0.5, 0.6) is 11.5 Å². The summed E-state index contributed by atoms with van der Waals surface area (Å²) in [6, 6.07) is 25.8. The van der Waals surface area contributed by atoms with Crippen LogP contribution in [0.3, 0.4) is 0 Å². The van der Waals surface area contributed by atoms with Gasteiger partial charge in [-0.1, -0.05) is 41.9 Å². The Balaban J connectivity index is 1.46. The number of hydrogen-bond acceptors (Lipinski definition) is 2. The van der Waals surface area contributed by atoms with Gasteiger partial charge in [0.2, 0.25) is 0 Å². The predicted molar refractivity (Wildman–Crippen MR) is 113 cm³/mol. The van der Waals surface area contributed by atoms with Gasteiger partial charge in [0.25, 0.3) is 0 Å². The summed E-state index contributed by atoms with van der Waals surface area (Å²) in [5.74, 6) is 1.27. The van der Waals surface area contributed by atoms with Crippen LogP contribution in [0, 0.1) is 11.3 Å². The van der Waals surface area contributed by atoms with Gasteiger partial charge in [0.1, 0.15) is 11.5 Å². The van der Waals surface area contributed by atoms with Crippen molar-refractivity contribution in [2.45, 2.75) is 19.4 Å². The highest BCUT2D eigenvalue weighted by atomic mass is 35.5. The molecule has 4 heteroatoms. The Morgan fingerprint density at radius 2 is 1.82 bits per heavy atom. The fraction of sp³-hybridized carbons (Fsp3) is 0.125. The first-order valence-electron chi connectivity index (χ1n) is 9.23. The van der Waals surface area contributed by atoms with Crippen molar-refractivity contribution in [2.24, 2.45) is 0 Å². The van der Waals surface area contributed by atoms with Crippen LogP contribution in [0.25, 0.3) is 10.9 Å². The molecule has 4 aromatic rings. The minimum absolute atomic E-state index is 0.428. The Kier molecular flexibility index (Phi) is 5.32. The quantitative estimate of drug-likeness (QED) is 0.374. The number of rotatable bonds is 6. The number of nitrogens with zero attached hydrogens (tertiary/aromatic N) is 2. The smallest absolute Gasteiger partial charge is 0.146 e. The molecule has 0 fully saturated rings. The van der Waals surface area contributed by atoms with Gasteiger partial charge < -0.3 is 9.30 Å². The Morgan fingerprint density at radius 1 is 0.964 bits per heavy atom. The van der Waals surface area contributed by atoms with E-state index in [2.05, 4.69) is 53.2 Å². The summed E-state index contributed by atoms with van der Waals surface area (Å²) in [6.45, 7) is 0.972. The third-order valence-corrected chi connectivity index (χ3v) is 5.03. The molecule has 0 amide bonds. The number of fused-ring (bicyclic) bond motifs is 1. The van der Waals surface area contributed by atoms with Gasteiger partial charge in [-0.2, -0.15) is 5.26 Å². The number of hydrogen-bond donors (Lipinski definition) is 0. The zero-order valence-corrected chi connectivity index (χ0v) is 16.1. The van der Waals surface area contributed by atoms with E-state index >= 15 is 0 Å². The number of aryl methyl sites for hydroxylation is 2. The lowest BCUT2D eigenvalue weighted by atomic mass is 10.1. The van der Waals surface area contributed by atoms with Crippen LogP contribution in [-0.4, -0.2) is 4.57 Å². The summed E-state index contributed by atoms with van der Waals surface area (Å²) in [5, 5.41) is 10.5. The highest BCUT2D eigenvalue weighted by Crippen LogP contribution is 2.32. The van der Waals surface area contributed by atoms with Crippen LogP contribution in [0.15, 0.2) is 79.0 Å². The molecule has 0 unspecified atom stereocenters. The molecule has 0 radical (unpaired) electrons. The zero-order chi connectivity index (χ0) is 19.3. The molecule has 28 heavy (non-hydrogen) atoms. The minimum atomic E-state index is 0.428. The summed E-state index contributed by atoms with van der Waals surface area (Å²) in [5.41, 5.74) is 3.07. The third kappa shape index (κ3) is 4.03. The molecular weight excluding hydrogens is 368 g/mol. The highest BCUT2D eigenvalue weighted by Gasteiger charge is 2.07. The molecule has 3 aromatic carbocycles. The molecule has 0 atom stereocenters. The maximum Gasteiger partial charge on any atom is 0.146 e. The standard InChI is InChI=1S/C24H19ClN2O/c25-22-15-19(17-26)8-11-24(22)28-21-9-10-23-20(16-21)12-14-27(23)13-4-7-18-5-2-1-3-6-18/h1-3,5-6,8-12,14-16H,4,7,13H2. The molecule has 1 heterocycles. The van der Waals surface area contributed by atoms with E-state index in [1.54, 1.807) is 18.2 Å². The van der Waals surface area contributed by atoms with Crippen LogP contribution >= 0.6 is 11.6 Å². The molecule has 0 bridgehead atoms. The Bertz CT molecular complexity index is 1140. The van der Waals surface area contributed by atoms with Gasteiger partial charge in [0.15, 0.2) is 0 Å². The van der Waals surface area contributed by atoms with Crippen LogP contribution in [0.4, 0.5) is 0 Å². The van der Waals surface area contributed by atoms with Gasteiger partial charge in [0.05, 0.1) is 16.7 Å². The SMILES string of the molecule is N#Cc1ccc(Oc2ccc3c(ccn3CCCc3ccccc3)c2)c(Cl)c1. The van der Waals surface area contributed by atoms with E-state index in [1.807, 2.05) is 18.2 Å². The van der Waals surface area contributed by atoms with Crippen LogP contribution < -0.4 is 4.74 Å². The van der Waals surface area contributed by atoms with E-state index in [0.29, 0.717) is 16.3 Å². The summed E-state index contributed by atoms with van der Waals surface area (Å²) in [6.07, 6.45) is 4.28. The summed E-state index contributed by atoms with van der Waals surface area (Å²) < 4.78 is 8.19. The lowest BCUT2D eigenvalue weighted by Crippen LogP contribution is -1.98. The van der Waals surface area contributed by atoms with Crippen molar-refractivity contribution < 1.29 is 4.74 Å². The summed E-state index contributed by atoms with van der Waals surface area (Å²) >= 11 is 6.21. The van der Waals surface area contributed by atoms with Gasteiger partial charge >= 0.3 is 0 Å². The van der Waals surface area contributed by atoms with E-state index < -0.39 is 0 Å². The van der Waals surface area contributed by atoms with Gasteiger partial charge in [-0.05, 0) is 60.9 Å². The Labute approximate surface area is 169 Å². The average molecular weight is 387 g/mol. The molecule has 0 aliphatic carbocycles. The number of aromatic nitrogens is 1.